The van der Waals surface area contributed by atoms with E-state index in [0.29, 0.717) is 0 Å². The van der Waals surface area contributed by atoms with E-state index >= 15 is 0 Å². The number of aliphatic carboxylic acids is 1. The molecule has 0 aliphatic rings. The molecular weight excluding hydrogens is 226 g/mol. The highest BCUT2D eigenvalue weighted by molar-refractivity contribution is 5.71. The molecule has 0 aliphatic carbocycles. The Morgan fingerprint density at radius 3 is 2.28 bits per heavy atom. The molecule has 0 bridgehead atoms. The van der Waals surface area contributed by atoms with Crippen LogP contribution in [0.1, 0.15) is 12.0 Å². The summed E-state index contributed by atoms with van der Waals surface area (Å²) in [6, 6.07) is 11.9. The van der Waals surface area contributed by atoms with Gasteiger partial charge in [0, 0.05) is 12.4 Å². The summed E-state index contributed by atoms with van der Waals surface area (Å²) < 4.78 is 0. The number of hydrogen-bond acceptors (Lipinski definition) is 2. The maximum Gasteiger partial charge on any atom is 0.307 e. The first kappa shape index (κ1) is 12.0. The monoisotopic (exact) mass is 239 g/mol. The van der Waals surface area contributed by atoms with Gasteiger partial charge in [0.2, 0.25) is 0 Å². The van der Waals surface area contributed by atoms with E-state index in [4.69, 9.17) is 5.11 Å². The minimum Gasteiger partial charge on any atom is -0.481 e. The van der Waals surface area contributed by atoms with Gasteiger partial charge in [-0.1, -0.05) is 36.4 Å². The number of pyridine rings is 1. The van der Waals surface area contributed by atoms with Crippen LogP contribution in [0.2, 0.25) is 0 Å². The van der Waals surface area contributed by atoms with E-state index < -0.39 is 5.97 Å². The lowest BCUT2D eigenvalue weighted by Crippen LogP contribution is -1.89. The highest BCUT2D eigenvalue weighted by atomic mass is 16.4. The van der Waals surface area contributed by atoms with Gasteiger partial charge in [-0.2, -0.15) is 0 Å². The van der Waals surface area contributed by atoms with Gasteiger partial charge in [0.1, 0.15) is 0 Å². The molecule has 1 N–H and O–H groups in total. The van der Waals surface area contributed by atoms with Gasteiger partial charge in [0.05, 0.1) is 6.42 Å². The first-order chi connectivity index (χ1) is 8.75. The van der Waals surface area contributed by atoms with Crippen molar-refractivity contribution < 1.29 is 9.90 Å². The summed E-state index contributed by atoms with van der Waals surface area (Å²) in [6.07, 6.45) is 7.02. The second-order valence-corrected chi connectivity index (χ2v) is 3.86. The average molecular weight is 239 g/mol. The van der Waals surface area contributed by atoms with Gasteiger partial charge < -0.3 is 5.11 Å². The summed E-state index contributed by atoms with van der Waals surface area (Å²) in [6.45, 7) is 0. The number of benzene rings is 1. The SMILES string of the molecule is O=C(O)C/C=C/c1ccc(-c2ccncc2)cc1. The van der Waals surface area contributed by atoms with Gasteiger partial charge in [-0.25, -0.2) is 0 Å². The summed E-state index contributed by atoms with van der Waals surface area (Å²) in [5.41, 5.74) is 3.23. The van der Waals surface area contributed by atoms with E-state index in [1.54, 1.807) is 18.5 Å². The van der Waals surface area contributed by atoms with E-state index in [1.165, 1.54) is 0 Å². The standard InChI is InChI=1S/C15H13NO2/c17-15(18)3-1-2-12-4-6-13(7-5-12)14-8-10-16-11-9-14/h1-2,4-11H,3H2,(H,17,18)/b2-1+. The fraction of sp³-hybridized carbons (Fsp3) is 0.0667. The Morgan fingerprint density at radius 1 is 1.06 bits per heavy atom. The lowest BCUT2D eigenvalue weighted by molar-refractivity contribution is -0.135. The molecule has 18 heavy (non-hydrogen) atoms. The Balaban J connectivity index is 2.11. The predicted molar refractivity (Wildman–Crippen MR) is 71.0 cm³/mol. The summed E-state index contributed by atoms with van der Waals surface area (Å²) in [5.74, 6) is -0.820. The molecule has 1 aromatic heterocycles. The van der Waals surface area contributed by atoms with Crippen LogP contribution in [0.15, 0.2) is 54.9 Å². The molecule has 3 heteroatoms. The van der Waals surface area contributed by atoms with Crippen molar-refractivity contribution in [3.8, 4) is 11.1 Å². The summed E-state index contributed by atoms with van der Waals surface area (Å²) >= 11 is 0. The second-order valence-electron chi connectivity index (χ2n) is 3.86. The lowest BCUT2D eigenvalue weighted by atomic mass is 10.0. The maximum atomic E-state index is 10.4. The fourth-order valence-corrected chi connectivity index (χ4v) is 1.63. The van der Waals surface area contributed by atoms with Gasteiger partial charge in [0.15, 0.2) is 0 Å². The Labute approximate surface area is 105 Å². The largest absolute Gasteiger partial charge is 0.481 e. The molecule has 90 valence electrons. The van der Waals surface area contributed by atoms with Crippen LogP contribution in [-0.2, 0) is 4.79 Å². The van der Waals surface area contributed by atoms with Crippen molar-refractivity contribution in [2.45, 2.75) is 6.42 Å². The Bertz CT molecular complexity index is 544. The normalized spacial score (nSPS) is 10.7. The number of carboxylic acids is 1. The number of aromatic nitrogens is 1. The molecule has 0 fully saturated rings. The Morgan fingerprint density at radius 2 is 1.67 bits per heavy atom. The number of nitrogens with zero attached hydrogens (tertiary/aromatic N) is 1. The van der Waals surface area contributed by atoms with E-state index in [-0.39, 0.29) is 6.42 Å². The number of hydrogen-bond donors (Lipinski definition) is 1. The minimum atomic E-state index is -0.820. The molecule has 3 nitrogen and oxygen atoms in total. The van der Waals surface area contributed by atoms with Crippen LogP contribution < -0.4 is 0 Å². The fourth-order valence-electron chi connectivity index (χ4n) is 1.63. The molecular formula is C15H13NO2. The van der Waals surface area contributed by atoms with Crippen molar-refractivity contribution in [1.29, 1.82) is 0 Å². The summed E-state index contributed by atoms with van der Waals surface area (Å²) in [7, 11) is 0. The van der Waals surface area contributed by atoms with Crippen molar-refractivity contribution >= 4 is 12.0 Å². The summed E-state index contributed by atoms with van der Waals surface area (Å²) in [4.78, 5) is 14.4. The van der Waals surface area contributed by atoms with Gasteiger partial charge in [0.25, 0.3) is 0 Å². The molecule has 0 unspecified atom stereocenters. The molecule has 0 spiro atoms. The third kappa shape index (κ3) is 3.28. The molecule has 0 atom stereocenters. The summed E-state index contributed by atoms with van der Waals surface area (Å²) in [5, 5.41) is 8.53. The van der Waals surface area contributed by atoms with E-state index in [1.807, 2.05) is 42.5 Å². The molecule has 0 aliphatic heterocycles. The van der Waals surface area contributed by atoms with Crippen LogP contribution in [0.25, 0.3) is 17.2 Å². The van der Waals surface area contributed by atoms with E-state index in [0.717, 1.165) is 16.7 Å². The molecule has 0 amide bonds. The van der Waals surface area contributed by atoms with Crippen LogP contribution in [0, 0.1) is 0 Å². The van der Waals surface area contributed by atoms with Gasteiger partial charge in [-0.15, -0.1) is 0 Å². The van der Waals surface area contributed by atoms with Crippen molar-refractivity contribution in [3.05, 3.63) is 60.4 Å². The first-order valence-corrected chi connectivity index (χ1v) is 5.64. The number of rotatable bonds is 4. The molecule has 0 saturated heterocycles. The zero-order valence-electron chi connectivity index (χ0n) is 9.78. The van der Waals surface area contributed by atoms with Gasteiger partial charge >= 0.3 is 5.97 Å². The molecule has 0 radical (unpaired) electrons. The van der Waals surface area contributed by atoms with Gasteiger partial charge in [-0.3, -0.25) is 9.78 Å². The number of carboxylic acid groups (broad SMARTS) is 1. The van der Waals surface area contributed by atoms with Crippen molar-refractivity contribution in [2.24, 2.45) is 0 Å². The van der Waals surface area contributed by atoms with E-state index in [9.17, 15) is 4.79 Å². The molecule has 2 aromatic rings. The highest BCUT2D eigenvalue weighted by Crippen LogP contribution is 2.19. The third-order valence-electron chi connectivity index (χ3n) is 2.53. The predicted octanol–water partition coefficient (Wildman–Crippen LogP) is 3.24. The van der Waals surface area contributed by atoms with Crippen molar-refractivity contribution in [3.63, 3.8) is 0 Å². The minimum absolute atomic E-state index is 0.0477. The quantitative estimate of drug-likeness (QED) is 0.891. The zero-order chi connectivity index (χ0) is 12.8. The molecule has 2 rings (SSSR count). The van der Waals surface area contributed by atoms with Crippen LogP contribution in [0.4, 0.5) is 0 Å². The average Bonchev–Trinajstić information content (AvgIpc) is 2.40. The van der Waals surface area contributed by atoms with E-state index in [2.05, 4.69) is 4.98 Å². The van der Waals surface area contributed by atoms with Crippen LogP contribution in [0.3, 0.4) is 0 Å². The topological polar surface area (TPSA) is 50.2 Å². The lowest BCUT2D eigenvalue weighted by Gasteiger charge is -2.01. The Kier molecular flexibility index (Phi) is 3.86. The zero-order valence-corrected chi connectivity index (χ0v) is 9.78. The van der Waals surface area contributed by atoms with Crippen molar-refractivity contribution in [1.82, 2.24) is 4.98 Å². The Hall–Kier alpha value is -2.42. The first-order valence-electron chi connectivity index (χ1n) is 5.64. The molecule has 1 heterocycles. The maximum absolute atomic E-state index is 10.4. The number of carbonyl (C=O) groups is 1. The smallest absolute Gasteiger partial charge is 0.307 e. The third-order valence-corrected chi connectivity index (χ3v) is 2.53. The second kappa shape index (κ2) is 5.77. The van der Waals surface area contributed by atoms with Crippen molar-refractivity contribution in [2.75, 3.05) is 0 Å². The van der Waals surface area contributed by atoms with Crippen LogP contribution in [-0.4, -0.2) is 16.1 Å². The molecule has 1 aromatic carbocycles. The molecule has 0 saturated carbocycles. The highest BCUT2D eigenvalue weighted by Gasteiger charge is 1.96. The van der Waals surface area contributed by atoms with Crippen LogP contribution in [0.5, 0.6) is 0 Å². The van der Waals surface area contributed by atoms with Crippen LogP contribution >= 0.6 is 0 Å². The van der Waals surface area contributed by atoms with Gasteiger partial charge in [-0.05, 0) is 28.8 Å².